The van der Waals surface area contributed by atoms with Gasteiger partial charge in [0.25, 0.3) is 0 Å². The third kappa shape index (κ3) is 3.53. The van der Waals surface area contributed by atoms with E-state index < -0.39 is 21.0 Å². The molecule has 0 bridgehead atoms. The van der Waals surface area contributed by atoms with Crippen molar-refractivity contribution in [2.24, 2.45) is 0 Å². The van der Waals surface area contributed by atoms with Crippen LogP contribution in [0.25, 0.3) is 32.7 Å². The van der Waals surface area contributed by atoms with E-state index in [1.165, 1.54) is 13.2 Å². The van der Waals surface area contributed by atoms with Crippen molar-refractivity contribution < 1.29 is 22.1 Å². The zero-order chi connectivity index (χ0) is 20.8. The summed E-state index contributed by atoms with van der Waals surface area (Å²) in [5.74, 6) is 0.493. The van der Waals surface area contributed by atoms with Gasteiger partial charge in [0.1, 0.15) is 15.0 Å². The van der Waals surface area contributed by atoms with Gasteiger partial charge in [0.2, 0.25) is 0 Å². The number of halogens is 4. The summed E-state index contributed by atoms with van der Waals surface area (Å²) in [7, 11) is 0.0129. The molecule has 0 fully saturated rings. The summed E-state index contributed by atoms with van der Waals surface area (Å²) in [5.41, 5.74) is 0.558. The predicted molar refractivity (Wildman–Crippen MR) is 114 cm³/mol. The largest absolute Gasteiger partial charge is 0.496 e. The molecule has 0 aromatic heterocycles. The Morgan fingerprint density at radius 3 is 2.24 bits per heavy atom. The molecule has 4 aromatic rings. The minimum absolute atomic E-state index is 0.426. The van der Waals surface area contributed by atoms with Crippen LogP contribution >= 0.6 is 14.8 Å². The third-order valence-corrected chi connectivity index (χ3v) is 6.57. The maximum atomic E-state index is 13.2. The lowest BCUT2D eigenvalue weighted by atomic mass is 9.92. The van der Waals surface area contributed by atoms with Crippen LogP contribution in [0.5, 0.6) is 5.75 Å². The van der Waals surface area contributed by atoms with Crippen LogP contribution in [0.4, 0.5) is 13.2 Å². The first-order valence-electron chi connectivity index (χ1n) is 8.59. The Hall–Kier alpha value is -2.38. The first-order chi connectivity index (χ1) is 13.8. The number of alkyl halides is 3. The van der Waals surface area contributed by atoms with Gasteiger partial charge in [-0.3, -0.25) is 0 Å². The predicted octanol–water partition coefficient (Wildman–Crippen LogP) is 7.10. The van der Waals surface area contributed by atoms with Crippen LogP contribution in [0.1, 0.15) is 5.56 Å². The van der Waals surface area contributed by atoms with E-state index >= 15 is 0 Å². The standard InChI is InChI=1S/C22H14BrF3O2S/c1-28-18-10-6-14-12-15(22(24,25)26)8-9-17(14)20(18)21-16-5-3-2-4-13(16)7-11-19(21)29(23)27/h2-12H,1H3. The molecule has 4 rings (SSSR count). The van der Waals surface area contributed by atoms with Gasteiger partial charge in [0.15, 0.2) is 0 Å². The lowest BCUT2D eigenvalue weighted by Crippen LogP contribution is -2.04. The Kier molecular flexibility index (Phi) is 5.12. The quantitative estimate of drug-likeness (QED) is 0.293. The van der Waals surface area contributed by atoms with Crippen molar-refractivity contribution in [1.29, 1.82) is 0 Å². The van der Waals surface area contributed by atoms with E-state index in [1.54, 1.807) is 18.2 Å². The van der Waals surface area contributed by atoms with E-state index in [1.807, 2.05) is 30.3 Å². The summed E-state index contributed by atoms with van der Waals surface area (Å²) in [5, 5.41) is 2.78. The smallest absolute Gasteiger partial charge is 0.416 e. The summed E-state index contributed by atoms with van der Waals surface area (Å²) in [6.45, 7) is 0. The van der Waals surface area contributed by atoms with Crippen LogP contribution in [0.3, 0.4) is 0 Å². The molecule has 0 saturated heterocycles. The van der Waals surface area contributed by atoms with Gasteiger partial charge in [-0.05, 0) is 45.8 Å². The van der Waals surface area contributed by atoms with Crippen LogP contribution < -0.4 is 4.74 Å². The molecular weight excluding hydrogens is 465 g/mol. The Morgan fingerprint density at radius 1 is 0.862 bits per heavy atom. The van der Waals surface area contributed by atoms with Gasteiger partial charge in [0.05, 0.1) is 17.6 Å². The van der Waals surface area contributed by atoms with Gasteiger partial charge in [-0.2, -0.15) is 13.2 Å². The average Bonchev–Trinajstić information content (AvgIpc) is 2.70. The molecule has 29 heavy (non-hydrogen) atoms. The number of ether oxygens (including phenoxy) is 1. The second-order valence-corrected chi connectivity index (χ2v) is 9.11. The van der Waals surface area contributed by atoms with Crippen molar-refractivity contribution in [2.45, 2.75) is 11.1 Å². The van der Waals surface area contributed by atoms with Gasteiger partial charge in [-0.25, -0.2) is 4.21 Å². The molecule has 4 aromatic carbocycles. The van der Waals surface area contributed by atoms with Crippen LogP contribution in [0.15, 0.2) is 71.6 Å². The number of rotatable bonds is 3. The average molecular weight is 479 g/mol. The second-order valence-electron chi connectivity index (χ2n) is 6.46. The first-order valence-corrected chi connectivity index (χ1v) is 11.6. The fourth-order valence-electron chi connectivity index (χ4n) is 3.56. The number of fused-ring (bicyclic) bond motifs is 2. The topological polar surface area (TPSA) is 26.3 Å². The summed E-state index contributed by atoms with van der Waals surface area (Å²) in [6, 6.07) is 18.1. The molecule has 1 atom stereocenters. The molecule has 0 heterocycles. The molecule has 2 nitrogen and oxygen atoms in total. The van der Waals surface area contributed by atoms with Gasteiger partial charge in [-0.1, -0.05) is 42.5 Å². The first kappa shape index (κ1) is 19.9. The molecule has 0 aliphatic rings. The zero-order valence-corrected chi connectivity index (χ0v) is 17.5. The number of benzene rings is 4. The van der Waals surface area contributed by atoms with Crippen LogP contribution in [0.2, 0.25) is 0 Å². The van der Waals surface area contributed by atoms with Crippen molar-refractivity contribution in [1.82, 2.24) is 0 Å². The molecule has 0 radical (unpaired) electrons. The zero-order valence-electron chi connectivity index (χ0n) is 15.1. The maximum absolute atomic E-state index is 13.2. The molecule has 0 N–H and O–H groups in total. The molecular formula is C22H14BrF3O2S. The second kappa shape index (κ2) is 7.46. The molecule has 0 aliphatic carbocycles. The van der Waals surface area contributed by atoms with E-state index in [0.717, 1.165) is 22.9 Å². The van der Waals surface area contributed by atoms with Crippen LogP contribution in [-0.2, 0) is 15.4 Å². The molecule has 0 amide bonds. The lowest BCUT2D eigenvalue weighted by molar-refractivity contribution is -0.137. The highest BCUT2D eigenvalue weighted by Gasteiger charge is 2.31. The summed E-state index contributed by atoms with van der Waals surface area (Å²) < 4.78 is 57.6. The van der Waals surface area contributed by atoms with Crippen molar-refractivity contribution in [3.8, 4) is 16.9 Å². The lowest BCUT2D eigenvalue weighted by Gasteiger charge is -2.18. The Bertz CT molecular complexity index is 1270. The van der Waals surface area contributed by atoms with E-state index in [0.29, 0.717) is 32.5 Å². The minimum atomic E-state index is -4.43. The Morgan fingerprint density at radius 2 is 1.55 bits per heavy atom. The molecule has 0 saturated carbocycles. The molecule has 0 aliphatic heterocycles. The number of hydrogen-bond donors (Lipinski definition) is 0. The van der Waals surface area contributed by atoms with Crippen molar-refractivity contribution >= 4 is 45.6 Å². The highest BCUT2D eigenvalue weighted by atomic mass is 79.9. The molecule has 0 spiro atoms. The van der Waals surface area contributed by atoms with E-state index in [4.69, 9.17) is 4.74 Å². The third-order valence-electron chi connectivity index (χ3n) is 4.84. The number of methoxy groups -OCH3 is 1. The highest BCUT2D eigenvalue weighted by Crippen LogP contribution is 2.45. The van der Waals surface area contributed by atoms with E-state index in [-0.39, 0.29) is 0 Å². The van der Waals surface area contributed by atoms with E-state index in [2.05, 4.69) is 14.8 Å². The Balaban J connectivity index is 2.16. The van der Waals surface area contributed by atoms with E-state index in [9.17, 15) is 17.4 Å². The molecule has 1 unspecified atom stereocenters. The Labute approximate surface area is 175 Å². The molecule has 7 heteroatoms. The fraction of sp³-hybridized carbons (Fsp3) is 0.0909. The van der Waals surface area contributed by atoms with Crippen molar-refractivity contribution in [3.63, 3.8) is 0 Å². The fourth-order valence-corrected chi connectivity index (χ4v) is 4.91. The highest BCUT2D eigenvalue weighted by molar-refractivity contribution is 9.46. The van der Waals surface area contributed by atoms with Crippen LogP contribution in [-0.4, -0.2) is 11.3 Å². The van der Waals surface area contributed by atoms with Gasteiger partial charge >= 0.3 is 6.18 Å². The molecule has 148 valence electrons. The van der Waals surface area contributed by atoms with Gasteiger partial charge in [0, 0.05) is 25.9 Å². The summed E-state index contributed by atoms with van der Waals surface area (Å²) >= 11 is 3.15. The van der Waals surface area contributed by atoms with Crippen molar-refractivity contribution in [2.75, 3.05) is 7.11 Å². The van der Waals surface area contributed by atoms with Crippen LogP contribution in [0, 0.1) is 0 Å². The monoisotopic (exact) mass is 478 g/mol. The minimum Gasteiger partial charge on any atom is -0.496 e. The summed E-state index contributed by atoms with van der Waals surface area (Å²) in [6.07, 6.45) is -4.43. The van der Waals surface area contributed by atoms with Gasteiger partial charge in [-0.15, -0.1) is 0 Å². The SMILES string of the molecule is COc1ccc2cc(C(F)(F)F)ccc2c1-c1c(S(=O)Br)ccc2ccccc12. The maximum Gasteiger partial charge on any atom is 0.416 e. The van der Waals surface area contributed by atoms with Crippen molar-refractivity contribution in [3.05, 3.63) is 72.3 Å². The summed E-state index contributed by atoms with van der Waals surface area (Å²) in [4.78, 5) is 0.523. The van der Waals surface area contributed by atoms with Gasteiger partial charge < -0.3 is 4.74 Å². The normalized spacial score (nSPS) is 13.0. The number of hydrogen-bond acceptors (Lipinski definition) is 2.